The van der Waals surface area contributed by atoms with Gasteiger partial charge in [-0.15, -0.1) is 0 Å². The minimum atomic E-state index is 0.711. The molecule has 2 aliphatic rings. The smallest absolute Gasteiger partial charge is 0.181 e. The molecule has 8 heteroatoms. The number of nitrogens with one attached hydrogen (secondary N) is 2. The molecule has 0 aliphatic carbocycles. The molecular formula is C28H30N8. The molecule has 8 nitrogen and oxygen atoms in total. The molecule has 2 N–H and O–H groups in total. The van der Waals surface area contributed by atoms with Crippen molar-refractivity contribution in [3.05, 3.63) is 54.7 Å². The average Bonchev–Trinajstić information content (AvgIpc) is 3.68. The Hall–Kier alpha value is -3.78. The zero-order valence-corrected chi connectivity index (χ0v) is 20.4. The van der Waals surface area contributed by atoms with Crippen molar-refractivity contribution in [2.45, 2.75) is 38.6 Å². The van der Waals surface area contributed by atoms with Gasteiger partial charge < -0.3 is 9.88 Å². The molecule has 0 unspecified atom stereocenters. The Morgan fingerprint density at radius 1 is 0.750 bits per heavy atom. The zero-order valence-electron chi connectivity index (χ0n) is 20.4. The molecule has 0 atom stereocenters. The highest BCUT2D eigenvalue weighted by Gasteiger charge is 2.18. The van der Waals surface area contributed by atoms with E-state index in [1.165, 1.54) is 61.8 Å². The number of hydrogen-bond acceptors (Lipinski definition) is 6. The quantitative estimate of drug-likeness (QED) is 0.363. The Labute approximate surface area is 209 Å². The first-order chi connectivity index (χ1) is 17.8. The number of nitrogens with zero attached hydrogens (tertiary/aromatic N) is 6. The van der Waals surface area contributed by atoms with Gasteiger partial charge >= 0.3 is 0 Å². The number of rotatable bonds is 5. The lowest BCUT2D eigenvalue weighted by Crippen LogP contribution is -2.29. The highest BCUT2D eigenvalue weighted by atomic mass is 15.2. The van der Waals surface area contributed by atoms with Gasteiger partial charge in [0.25, 0.3) is 0 Å². The van der Waals surface area contributed by atoms with Crippen molar-refractivity contribution >= 4 is 27.6 Å². The standard InChI is InChI=1S/C28H30N8/c1-2-8-36(9-3-1)26-17-30-16-25-22(26)12-24(32-25)27-23-11-21(15-31-28(23)34-33-27)20-10-19(13-29-14-20)18-35-6-4-5-7-35/h10-17,32H,1-9,18H2,(H,31,33,34). The highest BCUT2D eigenvalue weighted by Crippen LogP contribution is 2.34. The van der Waals surface area contributed by atoms with E-state index >= 15 is 0 Å². The van der Waals surface area contributed by atoms with E-state index in [4.69, 9.17) is 0 Å². The third-order valence-corrected chi connectivity index (χ3v) is 7.63. The van der Waals surface area contributed by atoms with E-state index in [2.05, 4.69) is 58.1 Å². The topological polar surface area (TPSA) is 89.6 Å². The normalized spacial score (nSPS) is 16.9. The van der Waals surface area contributed by atoms with Gasteiger partial charge in [0, 0.05) is 60.1 Å². The first-order valence-electron chi connectivity index (χ1n) is 13.0. The average molecular weight is 479 g/mol. The van der Waals surface area contributed by atoms with Crippen LogP contribution in [-0.4, -0.2) is 61.2 Å². The van der Waals surface area contributed by atoms with E-state index in [0.29, 0.717) is 5.65 Å². The molecule has 0 aromatic carbocycles. The van der Waals surface area contributed by atoms with Crippen LogP contribution >= 0.6 is 0 Å². The molecule has 36 heavy (non-hydrogen) atoms. The van der Waals surface area contributed by atoms with Gasteiger partial charge in [-0.05, 0) is 69.0 Å². The minimum Gasteiger partial charge on any atom is -0.370 e. The second-order valence-electron chi connectivity index (χ2n) is 10.1. The summed E-state index contributed by atoms with van der Waals surface area (Å²) in [6.07, 6.45) is 16.1. The van der Waals surface area contributed by atoms with Crippen LogP contribution in [-0.2, 0) is 6.54 Å². The van der Waals surface area contributed by atoms with E-state index in [1.807, 2.05) is 31.0 Å². The summed E-state index contributed by atoms with van der Waals surface area (Å²) in [5.74, 6) is 0. The number of likely N-dealkylation sites (tertiary alicyclic amines) is 1. The number of anilines is 1. The minimum absolute atomic E-state index is 0.711. The van der Waals surface area contributed by atoms with Crippen LogP contribution in [0.25, 0.3) is 44.5 Å². The third kappa shape index (κ3) is 3.91. The first-order valence-corrected chi connectivity index (χ1v) is 13.0. The molecule has 182 valence electrons. The third-order valence-electron chi connectivity index (χ3n) is 7.63. The van der Waals surface area contributed by atoms with Gasteiger partial charge in [-0.3, -0.25) is 20.0 Å². The molecule has 0 radical (unpaired) electrons. The van der Waals surface area contributed by atoms with Gasteiger partial charge in [-0.2, -0.15) is 5.10 Å². The first kappa shape index (κ1) is 21.5. The summed E-state index contributed by atoms with van der Waals surface area (Å²) in [6, 6.07) is 6.64. The maximum atomic E-state index is 4.67. The fraction of sp³-hybridized carbons (Fsp3) is 0.357. The maximum absolute atomic E-state index is 4.67. The summed E-state index contributed by atoms with van der Waals surface area (Å²) in [6.45, 7) is 5.49. The molecule has 7 heterocycles. The molecule has 5 aromatic rings. The summed E-state index contributed by atoms with van der Waals surface area (Å²) in [5.41, 5.74) is 8.28. The predicted molar refractivity (Wildman–Crippen MR) is 143 cm³/mol. The number of hydrogen-bond donors (Lipinski definition) is 2. The van der Waals surface area contributed by atoms with Crippen molar-refractivity contribution in [2.75, 3.05) is 31.1 Å². The van der Waals surface area contributed by atoms with Crippen LogP contribution < -0.4 is 4.90 Å². The molecule has 2 aliphatic heterocycles. The Kier molecular flexibility index (Phi) is 5.39. The van der Waals surface area contributed by atoms with Crippen LogP contribution in [0.5, 0.6) is 0 Å². The van der Waals surface area contributed by atoms with Gasteiger partial charge in [-0.25, -0.2) is 4.98 Å². The predicted octanol–water partition coefficient (Wildman–Crippen LogP) is 5.15. The molecule has 0 spiro atoms. The van der Waals surface area contributed by atoms with E-state index < -0.39 is 0 Å². The van der Waals surface area contributed by atoms with Crippen molar-refractivity contribution in [1.82, 2.24) is 35.0 Å². The Balaban J connectivity index is 1.25. The van der Waals surface area contributed by atoms with Gasteiger partial charge in [-0.1, -0.05) is 0 Å². The number of H-pyrrole nitrogens is 2. The highest BCUT2D eigenvalue weighted by molar-refractivity contribution is 5.99. The second-order valence-corrected chi connectivity index (χ2v) is 10.1. The summed E-state index contributed by atoms with van der Waals surface area (Å²) in [5, 5.41) is 9.92. The molecular weight excluding hydrogens is 448 g/mol. The molecule has 5 aromatic heterocycles. The van der Waals surface area contributed by atoms with Gasteiger partial charge in [0.1, 0.15) is 0 Å². The molecule has 0 bridgehead atoms. The monoisotopic (exact) mass is 478 g/mol. The van der Waals surface area contributed by atoms with E-state index in [1.54, 1.807) is 0 Å². The summed E-state index contributed by atoms with van der Waals surface area (Å²) >= 11 is 0. The largest absolute Gasteiger partial charge is 0.370 e. The zero-order chi connectivity index (χ0) is 23.9. The van der Waals surface area contributed by atoms with Crippen LogP contribution in [0.3, 0.4) is 0 Å². The van der Waals surface area contributed by atoms with Crippen molar-refractivity contribution < 1.29 is 0 Å². The van der Waals surface area contributed by atoms with Crippen LogP contribution in [0.4, 0.5) is 5.69 Å². The van der Waals surface area contributed by atoms with Crippen molar-refractivity contribution in [2.24, 2.45) is 0 Å². The molecule has 7 rings (SSSR count). The number of piperidine rings is 1. The van der Waals surface area contributed by atoms with Gasteiger partial charge in [0.05, 0.1) is 35.0 Å². The Bertz CT molecular complexity index is 1520. The fourth-order valence-electron chi connectivity index (χ4n) is 5.75. The number of pyridine rings is 3. The number of aromatic nitrogens is 6. The van der Waals surface area contributed by atoms with Crippen molar-refractivity contribution in [1.29, 1.82) is 0 Å². The molecule has 0 amide bonds. The second kappa shape index (κ2) is 9.02. The van der Waals surface area contributed by atoms with Gasteiger partial charge in [0.2, 0.25) is 0 Å². The van der Waals surface area contributed by atoms with Crippen LogP contribution in [0.1, 0.15) is 37.7 Å². The Morgan fingerprint density at radius 2 is 1.56 bits per heavy atom. The lowest BCUT2D eigenvalue weighted by molar-refractivity contribution is 0.331. The number of aromatic amines is 2. The lowest BCUT2D eigenvalue weighted by atomic mass is 10.1. The Morgan fingerprint density at radius 3 is 2.44 bits per heavy atom. The van der Waals surface area contributed by atoms with Crippen LogP contribution in [0, 0.1) is 0 Å². The fourth-order valence-corrected chi connectivity index (χ4v) is 5.75. The molecule has 2 fully saturated rings. The summed E-state index contributed by atoms with van der Waals surface area (Å²) in [4.78, 5) is 22.3. The van der Waals surface area contributed by atoms with Crippen molar-refractivity contribution in [3.8, 4) is 22.5 Å². The van der Waals surface area contributed by atoms with Crippen LogP contribution in [0.2, 0.25) is 0 Å². The number of fused-ring (bicyclic) bond motifs is 2. The van der Waals surface area contributed by atoms with E-state index in [9.17, 15) is 0 Å². The molecule has 2 saturated heterocycles. The van der Waals surface area contributed by atoms with E-state index in [-0.39, 0.29) is 0 Å². The summed E-state index contributed by atoms with van der Waals surface area (Å²) < 4.78 is 0. The molecule has 0 saturated carbocycles. The SMILES string of the molecule is c1ncc(-c2cnc3n[nH]c(-c4cc5c(N6CCCCC6)cncc5[nH]4)c3c2)cc1CN1CCCC1. The van der Waals surface area contributed by atoms with Crippen molar-refractivity contribution in [3.63, 3.8) is 0 Å². The summed E-state index contributed by atoms with van der Waals surface area (Å²) in [7, 11) is 0. The van der Waals surface area contributed by atoms with Crippen LogP contribution in [0.15, 0.2) is 49.2 Å². The lowest BCUT2D eigenvalue weighted by Gasteiger charge is -2.28. The van der Waals surface area contributed by atoms with Gasteiger partial charge in [0.15, 0.2) is 5.65 Å². The van der Waals surface area contributed by atoms with E-state index in [0.717, 1.165) is 53.1 Å². The maximum Gasteiger partial charge on any atom is 0.181 e.